The van der Waals surface area contributed by atoms with E-state index in [-0.39, 0.29) is 91.5 Å². The van der Waals surface area contributed by atoms with Gasteiger partial charge in [0.15, 0.2) is 10.6 Å². The van der Waals surface area contributed by atoms with Gasteiger partial charge in [0.05, 0.1) is 39.4 Å². The van der Waals surface area contributed by atoms with Crippen LogP contribution in [0.1, 0.15) is 62.0 Å². The number of amidine groups is 1. The summed E-state index contributed by atoms with van der Waals surface area (Å²) >= 11 is 10.1. The number of fused-ring (bicyclic) bond motifs is 2. The van der Waals surface area contributed by atoms with E-state index in [0.29, 0.717) is 22.5 Å². The molecule has 0 saturated carbocycles. The Morgan fingerprint density at radius 3 is 2.28 bits per heavy atom. The molecule has 0 aliphatic heterocycles. The third-order valence-corrected chi connectivity index (χ3v) is 10.3. The van der Waals surface area contributed by atoms with Gasteiger partial charge in [0, 0.05) is 41.5 Å². The van der Waals surface area contributed by atoms with Gasteiger partial charge in [-0.1, -0.05) is 34.3 Å². The largest absolute Gasteiger partial charge is 0.508 e. The van der Waals surface area contributed by atoms with Crippen LogP contribution in [-0.2, 0) is 12.7 Å². The maximum Gasteiger partial charge on any atom is 0.449 e. The first-order valence-electron chi connectivity index (χ1n) is 18.1. The molecule has 7 rings (SSSR count). The van der Waals surface area contributed by atoms with Crippen molar-refractivity contribution in [1.29, 1.82) is 0 Å². The SMILES string of the molecule is C=C(S)N(C(=NCCn1c(C(F)(F)F)nc2cc(-n3c(-c4cc(C(C)C)c(O)cc4O)n[nH]c3=S)ccc21)c1cc(C(C)C)c(O)cc1O)c1ccc2[nH]ccc2c1. The number of aliphatic imine (C=N–C) groups is 1. The second-order valence-corrected chi connectivity index (χ2v) is 15.2. The minimum absolute atomic E-state index is 0.00352. The molecule has 0 aliphatic carbocycles. The highest BCUT2D eigenvalue weighted by molar-refractivity contribution is 7.84. The number of thiol groups is 1. The van der Waals surface area contributed by atoms with Gasteiger partial charge in [0.1, 0.15) is 28.8 Å². The summed E-state index contributed by atoms with van der Waals surface area (Å²) in [6.07, 6.45) is -3.07. The molecular weight excluding hydrogens is 790 g/mol. The molecular formula is C41H39F3N8O4S2. The first-order valence-corrected chi connectivity index (χ1v) is 19.0. The molecule has 3 aromatic heterocycles. The van der Waals surface area contributed by atoms with Crippen LogP contribution in [0.25, 0.3) is 39.0 Å². The van der Waals surface area contributed by atoms with E-state index in [1.54, 1.807) is 35.4 Å². The Bertz CT molecular complexity index is 2820. The topological polar surface area (TPSA) is 164 Å². The van der Waals surface area contributed by atoms with Crippen molar-refractivity contribution in [1.82, 2.24) is 29.3 Å². The number of alkyl halides is 3. The van der Waals surface area contributed by atoms with Crippen molar-refractivity contribution in [2.75, 3.05) is 11.4 Å². The molecule has 0 bridgehead atoms. The predicted molar refractivity (Wildman–Crippen MR) is 224 cm³/mol. The number of benzene rings is 4. The molecule has 0 unspecified atom stereocenters. The number of anilines is 1. The molecule has 4 aromatic carbocycles. The highest BCUT2D eigenvalue weighted by Crippen LogP contribution is 2.40. The maximum absolute atomic E-state index is 14.7. The monoisotopic (exact) mass is 828 g/mol. The van der Waals surface area contributed by atoms with E-state index < -0.39 is 12.0 Å². The van der Waals surface area contributed by atoms with Crippen LogP contribution in [0.5, 0.6) is 23.0 Å². The zero-order valence-corrected chi connectivity index (χ0v) is 33.4. The number of aromatic hydroxyl groups is 4. The van der Waals surface area contributed by atoms with E-state index in [4.69, 9.17) is 17.2 Å². The number of hydrogen-bond acceptors (Lipinski definition) is 9. The molecule has 3 heterocycles. The van der Waals surface area contributed by atoms with Gasteiger partial charge in [-0.3, -0.25) is 19.6 Å². The Kier molecular flexibility index (Phi) is 10.5. The van der Waals surface area contributed by atoms with Crippen LogP contribution in [0.15, 0.2) is 89.5 Å². The molecule has 7 aromatic rings. The van der Waals surface area contributed by atoms with Gasteiger partial charge >= 0.3 is 6.18 Å². The number of aromatic nitrogens is 6. The van der Waals surface area contributed by atoms with Crippen molar-refractivity contribution in [2.45, 2.75) is 52.3 Å². The maximum atomic E-state index is 14.7. The lowest BCUT2D eigenvalue weighted by atomic mass is 9.98. The van der Waals surface area contributed by atoms with E-state index in [2.05, 4.69) is 39.4 Å². The zero-order chi connectivity index (χ0) is 41.8. The average Bonchev–Trinajstić information content (AvgIpc) is 3.87. The molecule has 0 saturated heterocycles. The molecule has 0 amide bonds. The molecule has 0 radical (unpaired) electrons. The van der Waals surface area contributed by atoms with Crippen LogP contribution in [0.2, 0.25) is 0 Å². The van der Waals surface area contributed by atoms with Crippen LogP contribution in [0.3, 0.4) is 0 Å². The Hall–Kier alpha value is -6.20. The third-order valence-electron chi connectivity index (χ3n) is 9.78. The van der Waals surface area contributed by atoms with E-state index in [1.165, 1.54) is 28.8 Å². The molecule has 0 atom stereocenters. The summed E-state index contributed by atoms with van der Waals surface area (Å²) in [6.45, 7) is 11.0. The number of aromatic amines is 2. The van der Waals surface area contributed by atoms with Gasteiger partial charge < -0.3 is 30.0 Å². The number of phenolic OH excluding ortho intramolecular Hbond substituents is 4. The van der Waals surface area contributed by atoms with Crippen LogP contribution < -0.4 is 4.90 Å². The lowest BCUT2D eigenvalue weighted by molar-refractivity contribution is -0.146. The van der Waals surface area contributed by atoms with Crippen LogP contribution in [0.4, 0.5) is 18.9 Å². The molecule has 6 N–H and O–H groups in total. The van der Waals surface area contributed by atoms with Gasteiger partial charge in [0.2, 0.25) is 5.82 Å². The van der Waals surface area contributed by atoms with Crippen molar-refractivity contribution in [2.24, 2.45) is 4.99 Å². The zero-order valence-electron chi connectivity index (χ0n) is 31.7. The molecule has 0 spiro atoms. The molecule has 300 valence electrons. The molecule has 17 heteroatoms. The van der Waals surface area contributed by atoms with Crippen molar-refractivity contribution in [3.63, 3.8) is 0 Å². The third kappa shape index (κ3) is 7.38. The molecule has 0 aliphatic rings. The lowest BCUT2D eigenvalue weighted by Crippen LogP contribution is -2.30. The number of nitrogens with zero attached hydrogens (tertiary/aromatic N) is 6. The normalized spacial score (nSPS) is 12.4. The van der Waals surface area contributed by atoms with Crippen molar-refractivity contribution in [3.8, 4) is 40.1 Å². The lowest BCUT2D eigenvalue weighted by Gasteiger charge is -2.27. The van der Waals surface area contributed by atoms with E-state index in [0.717, 1.165) is 15.5 Å². The number of hydrogen-bond donors (Lipinski definition) is 7. The second-order valence-electron chi connectivity index (χ2n) is 14.3. The molecule has 12 nitrogen and oxygen atoms in total. The van der Waals surface area contributed by atoms with Crippen LogP contribution >= 0.6 is 24.8 Å². The number of nitrogens with one attached hydrogen (secondary N) is 2. The number of phenols is 4. The summed E-state index contributed by atoms with van der Waals surface area (Å²) in [7, 11) is 0. The number of halogens is 3. The van der Waals surface area contributed by atoms with Crippen molar-refractivity contribution < 1.29 is 33.6 Å². The van der Waals surface area contributed by atoms with Crippen molar-refractivity contribution in [3.05, 3.63) is 112 Å². The Morgan fingerprint density at radius 1 is 0.914 bits per heavy atom. The second kappa shape index (κ2) is 15.3. The fourth-order valence-electron chi connectivity index (χ4n) is 6.99. The molecule has 58 heavy (non-hydrogen) atoms. The summed E-state index contributed by atoms with van der Waals surface area (Å²) in [4.78, 5) is 13.5. The van der Waals surface area contributed by atoms with Gasteiger partial charge in [-0.25, -0.2) is 4.98 Å². The fraction of sp³-hybridized carbons (Fsp3) is 0.220. The number of imidazole rings is 1. The number of H-pyrrole nitrogens is 2. The minimum atomic E-state index is -4.85. The van der Waals surface area contributed by atoms with Crippen LogP contribution in [-0.4, -0.2) is 62.1 Å². The standard InChI is InChI=1S/C41H39F3N8O4S2/c1-20(2)26-16-28(35(55)18-33(26)53)37(51(22(5)57)24-6-8-30-23(14-24)10-11-45-30)46-12-13-50-32-9-7-25(15-31(32)47-39(50)41(42,43)44)52-38(48-49-40(52)58)29-17-27(21(3)4)34(54)19-36(29)56/h6-11,14-21,45,53-57H,5,12-13H2,1-4H3,(H,49,58). The summed E-state index contributed by atoms with van der Waals surface area (Å²) in [5.41, 5.74) is 3.43. The Morgan fingerprint density at radius 2 is 1.60 bits per heavy atom. The predicted octanol–water partition coefficient (Wildman–Crippen LogP) is 9.87. The van der Waals surface area contributed by atoms with Gasteiger partial charge in [0.25, 0.3) is 0 Å². The highest BCUT2D eigenvalue weighted by atomic mass is 32.1. The van der Waals surface area contributed by atoms with E-state index in [9.17, 15) is 33.6 Å². The van der Waals surface area contributed by atoms with Crippen molar-refractivity contribution >= 4 is 58.3 Å². The summed E-state index contributed by atoms with van der Waals surface area (Å²) in [5.74, 6) is -1.91. The molecule has 0 fully saturated rings. The Balaban J connectivity index is 1.33. The van der Waals surface area contributed by atoms with Gasteiger partial charge in [-0.05, 0) is 89.8 Å². The fourth-order valence-corrected chi connectivity index (χ4v) is 7.44. The van der Waals surface area contributed by atoms with E-state index in [1.807, 2.05) is 45.9 Å². The van der Waals surface area contributed by atoms with Crippen LogP contribution in [0, 0.1) is 4.77 Å². The first kappa shape index (κ1) is 40.0. The van der Waals surface area contributed by atoms with Gasteiger partial charge in [-0.15, -0.1) is 12.6 Å². The highest BCUT2D eigenvalue weighted by Gasteiger charge is 2.38. The summed E-state index contributed by atoms with van der Waals surface area (Å²) in [6, 6.07) is 17.5. The average molecular weight is 829 g/mol. The quantitative estimate of drug-likeness (QED) is 0.0310. The smallest absolute Gasteiger partial charge is 0.449 e. The number of rotatable bonds is 10. The summed E-state index contributed by atoms with van der Waals surface area (Å²) < 4.78 is 46.7. The minimum Gasteiger partial charge on any atom is -0.508 e. The summed E-state index contributed by atoms with van der Waals surface area (Å²) in [5, 5.41) is 51.1. The van der Waals surface area contributed by atoms with Gasteiger partial charge in [-0.2, -0.15) is 18.3 Å². The van der Waals surface area contributed by atoms with E-state index >= 15 is 0 Å². The first-order chi connectivity index (χ1) is 27.4. The Labute approximate surface area is 340 Å².